The smallest absolute Gasteiger partial charge is 0.127 e. The Morgan fingerprint density at radius 3 is 2.74 bits per heavy atom. The molecule has 0 aliphatic heterocycles. The average molecular weight is 369 g/mol. The Morgan fingerprint density at radius 2 is 2.00 bits per heavy atom. The summed E-state index contributed by atoms with van der Waals surface area (Å²) < 4.78 is 19.7. The van der Waals surface area contributed by atoms with Gasteiger partial charge in [-0.1, -0.05) is 30.3 Å². The van der Waals surface area contributed by atoms with Crippen LogP contribution in [0.4, 0.5) is 4.39 Å². The molecule has 1 unspecified atom stereocenters. The second-order valence-electron chi connectivity index (χ2n) is 7.62. The van der Waals surface area contributed by atoms with Crippen molar-refractivity contribution in [2.45, 2.75) is 37.8 Å². The van der Waals surface area contributed by atoms with Crippen LogP contribution in [0.15, 0.2) is 48.0 Å². The van der Waals surface area contributed by atoms with Crippen molar-refractivity contribution >= 4 is 6.08 Å². The first kappa shape index (κ1) is 19.6. The average Bonchev–Trinajstić information content (AvgIpc) is 2.98. The van der Waals surface area contributed by atoms with Gasteiger partial charge in [0.05, 0.1) is 12.7 Å². The molecule has 1 N–H and O–H groups in total. The summed E-state index contributed by atoms with van der Waals surface area (Å²) in [6.45, 7) is 0.521. The van der Waals surface area contributed by atoms with Crippen LogP contribution in [0.1, 0.15) is 36.0 Å². The highest BCUT2D eigenvalue weighted by Crippen LogP contribution is 2.40. The van der Waals surface area contributed by atoms with Gasteiger partial charge in [0.15, 0.2) is 0 Å². The van der Waals surface area contributed by atoms with E-state index in [1.165, 1.54) is 6.07 Å². The summed E-state index contributed by atoms with van der Waals surface area (Å²) in [6, 6.07) is 13.0. The van der Waals surface area contributed by atoms with Gasteiger partial charge in [-0.2, -0.15) is 0 Å². The molecule has 0 bridgehead atoms. The maximum Gasteiger partial charge on any atom is 0.127 e. The molecule has 0 aromatic heterocycles. The third kappa shape index (κ3) is 4.57. The molecule has 0 heterocycles. The van der Waals surface area contributed by atoms with Crippen LogP contribution in [-0.4, -0.2) is 36.8 Å². The maximum atomic E-state index is 14.4. The van der Waals surface area contributed by atoms with Crippen molar-refractivity contribution in [1.29, 1.82) is 0 Å². The molecule has 0 radical (unpaired) electrons. The van der Waals surface area contributed by atoms with E-state index in [-0.39, 0.29) is 5.82 Å². The molecule has 2 aromatic carbocycles. The van der Waals surface area contributed by atoms with Crippen molar-refractivity contribution in [3.63, 3.8) is 0 Å². The minimum absolute atomic E-state index is 0.207. The molecule has 2 aromatic rings. The molecule has 0 saturated heterocycles. The fourth-order valence-electron chi connectivity index (χ4n) is 3.88. The summed E-state index contributed by atoms with van der Waals surface area (Å²) in [5.41, 5.74) is 2.64. The number of methoxy groups -OCH3 is 1. The van der Waals surface area contributed by atoms with E-state index in [0.29, 0.717) is 24.9 Å². The van der Waals surface area contributed by atoms with E-state index < -0.39 is 5.60 Å². The van der Waals surface area contributed by atoms with Crippen LogP contribution in [0, 0.1) is 5.82 Å². The van der Waals surface area contributed by atoms with Gasteiger partial charge in [0, 0.05) is 18.5 Å². The largest absolute Gasteiger partial charge is 0.497 e. The van der Waals surface area contributed by atoms with Gasteiger partial charge in [-0.25, -0.2) is 4.39 Å². The van der Waals surface area contributed by atoms with E-state index in [0.717, 1.165) is 35.3 Å². The van der Waals surface area contributed by atoms with Gasteiger partial charge in [0.1, 0.15) is 11.6 Å². The van der Waals surface area contributed by atoms with Crippen LogP contribution in [0.5, 0.6) is 5.75 Å². The SMILES string of the molecule is COc1cccc(C=C2CCCC2(O)Cc2cccc(F)c2CN(C)C)c1. The molecule has 0 amide bonds. The van der Waals surface area contributed by atoms with Gasteiger partial charge in [0.2, 0.25) is 0 Å². The highest BCUT2D eigenvalue weighted by molar-refractivity contribution is 5.58. The van der Waals surface area contributed by atoms with Gasteiger partial charge in [-0.05, 0) is 68.3 Å². The standard InChI is InChI=1S/C23H28FNO2/c1-25(2)16-21-18(8-5-11-22(21)24)15-23(26)12-6-9-19(23)13-17-7-4-10-20(14-17)27-3/h4-5,7-8,10-11,13-14,26H,6,9,12,15-16H2,1-3H3. The lowest BCUT2D eigenvalue weighted by molar-refractivity contribution is 0.0859. The Balaban J connectivity index is 1.91. The maximum absolute atomic E-state index is 14.4. The predicted molar refractivity (Wildman–Crippen MR) is 107 cm³/mol. The molecule has 27 heavy (non-hydrogen) atoms. The van der Waals surface area contributed by atoms with Gasteiger partial charge >= 0.3 is 0 Å². The summed E-state index contributed by atoms with van der Waals surface area (Å²) in [5.74, 6) is 0.588. The van der Waals surface area contributed by atoms with Gasteiger partial charge in [-0.3, -0.25) is 0 Å². The Bertz CT molecular complexity index is 831. The van der Waals surface area contributed by atoms with Crippen LogP contribution in [-0.2, 0) is 13.0 Å². The molecule has 1 saturated carbocycles. The van der Waals surface area contributed by atoms with Crippen LogP contribution in [0.2, 0.25) is 0 Å². The highest BCUT2D eigenvalue weighted by Gasteiger charge is 2.37. The third-order valence-corrected chi connectivity index (χ3v) is 5.24. The zero-order valence-electron chi connectivity index (χ0n) is 16.3. The predicted octanol–water partition coefficient (Wildman–Crippen LogP) is 4.44. The molecule has 3 rings (SSSR count). The molecule has 3 nitrogen and oxygen atoms in total. The summed E-state index contributed by atoms with van der Waals surface area (Å²) in [5, 5.41) is 11.4. The molecule has 4 heteroatoms. The first-order valence-electron chi connectivity index (χ1n) is 9.40. The van der Waals surface area contributed by atoms with E-state index in [9.17, 15) is 9.50 Å². The molecule has 0 spiro atoms. The molecule has 1 fully saturated rings. The first-order valence-corrected chi connectivity index (χ1v) is 9.40. The topological polar surface area (TPSA) is 32.7 Å². The van der Waals surface area contributed by atoms with Crippen LogP contribution in [0.3, 0.4) is 0 Å². The fourth-order valence-corrected chi connectivity index (χ4v) is 3.88. The number of benzene rings is 2. The minimum Gasteiger partial charge on any atom is -0.497 e. The lowest BCUT2D eigenvalue weighted by atomic mass is 9.86. The summed E-state index contributed by atoms with van der Waals surface area (Å²) in [6.07, 6.45) is 4.97. The monoisotopic (exact) mass is 369 g/mol. The lowest BCUT2D eigenvalue weighted by Gasteiger charge is -2.27. The van der Waals surface area contributed by atoms with E-state index in [4.69, 9.17) is 4.74 Å². The van der Waals surface area contributed by atoms with Gasteiger partial charge in [-0.15, -0.1) is 0 Å². The highest BCUT2D eigenvalue weighted by atomic mass is 19.1. The minimum atomic E-state index is -0.933. The third-order valence-electron chi connectivity index (χ3n) is 5.24. The number of nitrogens with zero attached hydrogens (tertiary/aromatic N) is 1. The normalized spacial score (nSPS) is 21.2. The number of hydrogen-bond donors (Lipinski definition) is 1. The second kappa shape index (κ2) is 8.24. The number of ether oxygens (including phenoxy) is 1. The number of aliphatic hydroxyl groups is 1. The van der Waals surface area contributed by atoms with Crippen LogP contribution in [0.25, 0.3) is 6.08 Å². The zero-order valence-corrected chi connectivity index (χ0v) is 16.3. The molecular weight excluding hydrogens is 341 g/mol. The quantitative estimate of drug-likeness (QED) is 0.817. The zero-order chi connectivity index (χ0) is 19.4. The Morgan fingerprint density at radius 1 is 1.22 bits per heavy atom. The van der Waals surface area contributed by atoms with Crippen molar-refractivity contribution in [1.82, 2.24) is 4.90 Å². The van der Waals surface area contributed by atoms with Crippen LogP contribution >= 0.6 is 0 Å². The molecule has 1 atom stereocenters. The first-order chi connectivity index (χ1) is 12.9. The Labute approximate surface area is 161 Å². The molecule has 144 valence electrons. The molecule has 1 aliphatic carbocycles. The summed E-state index contributed by atoms with van der Waals surface area (Å²) in [4.78, 5) is 1.95. The van der Waals surface area contributed by atoms with Gasteiger partial charge in [0.25, 0.3) is 0 Å². The van der Waals surface area contributed by atoms with Gasteiger partial charge < -0.3 is 14.7 Å². The van der Waals surface area contributed by atoms with Crippen molar-refractivity contribution in [2.24, 2.45) is 0 Å². The molecule has 1 aliphatic rings. The van der Waals surface area contributed by atoms with E-state index in [2.05, 4.69) is 6.08 Å². The van der Waals surface area contributed by atoms with Crippen molar-refractivity contribution in [3.05, 3.63) is 70.5 Å². The number of halogens is 1. The fraction of sp³-hybridized carbons (Fsp3) is 0.391. The van der Waals surface area contributed by atoms with E-state index in [1.54, 1.807) is 13.2 Å². The summed E-state index contributed by atoms with van der Waals surface area (Å²) >= 11 is 0. The van der Waals surface area contributed by atoms with Crippen molar-refractivity contribution in [2.75, 3.05) is 21.2 Å². The second-order valence-corrected chi connectivity index (χ2v) is 7.62. The van der Waals surface area contributed by atoms with Crippen molar-refractivity contribution < 1.29 is 14.2 Å². The number of hydrogen-bond acceptors (Lipinski definition) is 3. The number of rotatable bonds is 6. The Hall–Kier alpha value is -2.17. The summed E-state index contributed by atoms with van der Waals surface area (Å²) in [7, 11) is 5.50. The van der Waals surface area contributed by atoms with E-state index >= 15 is 0 Å². The van der Waals surface area contributed by atoms with E-state index in [1.807, 2.05) is 49.3 Å². The van der Waals surface area contributed by atoms with Crippen LogP contribution < -0.4 is 4.74 Å². The van der Waals surface area contributed by atoms with Crippen molar-refractivity contribution in [3.8, 4) is 5.75 Å². The lowest BCUT2D eigenvalue weighted by Crippen LogP contribution is -2.30. The Kier molecular flexibility index (Phi) is 5.98. The molecular formula is C23H28FNO2.